The summed E-state index contributed by atoms with van der Waals surface area (Å²) in [6.45, 7) is 4.82. The first kappa shape index (κ1) is 11.0. The highest BCUT2D eigenvalue weighted by atomic mass is 16.5. The molecule has 3 nitrogen and oxygen atoms in total. The molecule has 1 unspecified atom stereocenters. The van der Waals surface area contributed by atoms with E-state index in [0.717, 1.165) is 32.5 Å². The molecule has 1 N–H and O–H groups in total. The van der Waals surface area contributed by atoms with Crippen molar-refractivity contribution in [3.8, 4) is 0 Å². The van der Waals surface area contributed by atoms with E-state index in [-0.39, 0.29) is 6.10 Å². The molecule has 0 radical (unpaired) electrons. The molecule has 0 aromatic carbocycles. The molecule has 1 fully saturated rings. The number of aliphatic hydroxyl groups is 1. The van der Waals surface area contributed by atoms with Gasteiger partial charge in [0.2, 0.25) is 0 Å². The summed E-state index contributed by atoms with van der Waals surface area (Å²) in [6.07, 6.45) is 2.75. The number of hydrogen-bond acceptors (Lipinski definition) is 3. The Morgan fingerprint density at radius 1 is 1.46 bits per heavy atom. The van der Waals surface area contributed by atoms with Crippen LogP contribution in [-0.2, 0) is 9.47 Å². The SMILES string of the molecule is CCOCC(O)CC1CCOCC1. The lowest BCUT2D eigenvalue weighted by molar-refractivity contribution is 0.00691. The normalized spacial score (nSPS) is 21.7. The third-order valence-electron chi connectivity index (χ3n) is 2.46. The van der Waals surface area contributed by atoms with E-state index >= 15 is 0 Å². The van der Waals surface area contributed by atoms with Gasteiger partial charge in [0.1, 0.15) is 0 Å². The minimum atomic E-state index is -0.289. The molecule has 13 heavy (non-hydrogen) atoms. The van der Waals surface area contributed by atoms with E-state index in [1.165, 1.54) is 0 Å². The molecule has 1 heterocycles. The van der Waals surface area contributed by atoms with Crippen molar-refractivity contribution in [2.45, 2.75) is 32.3 Å². The summed E-state index contributed by atoms with van der Waals surface area (Å²) in [7, 11) is 0. The van der Waals surface area contributed by atoms with Gasteiger partial charge in [-0.3, -0.25) is 0 Å². The largest absolute Gasteiger partial charge is 0.391 e. The summed E-state index contributed by atoms with van der Waals surface area (Å²) in [6, 6.07) is 0. The topological polar surface area (TPSA) is 38.7 Å². The quantitative estimate of drug-likeness (QED) is 0.704. The van der Waals surface area contributed by atoms with E-state index in [0.29, 0.717) is 19.1 Å². The zero-order valence-electron chi connectivity index (χ0n) is 8.37. The summed E-state index contributed by atoms with van der Waals surface area (Å²) in [5, 5.41) is 9.57. The highest BCUT2D eigenvalue weighted by Gasteiger charge is 2.17. The van der Waals surface area contributed by atoms with Crippen LogP contribution >= 0.6 is 0 Å². The van der Waals surface area contributed by atoms with Gasteiger partial charge in [0, 0.05) is 19.8 Å². The third-order valence-corrected chi connectivity index (χ3v) is 2.46. The zero-order chi connectivity index (χ0) is 9.52. The fourth-order valence-corrected chi connectivity index (χ4v) is 1.69. The van der Waals surface area contributed by atoms with Gasteiger partial charge in [0.25, 0.3) is 0 Å². The minimum absolute atomic E-state index is 0.289. The molecule has 1 rings (SSSR count). The second-order valence-corrected chi connectivity index (χ2v) is 3.60. The molecule has 1 aliphatic rings. The predicted octanol–water partition coefficient (Wildman–Crippen LogP) is 1.20. The molecule has 1 saturated heterocycles. The Kier molecular flexibility index (Phi) is 5.35. The molecule has 3 heteroatoms. The van der Waals surface area contributed by atoms with Crippen molar-refractivity contribution in [2.24, 2.45) is 5.92 Å². The summed E-state index contributed by atoms with van der Waals surface area (Å²) in [5.41, 5.74) is 0. The van der Waals surface area contributed by atoms with E-state index in [9.17, 15) is 5.11 Å². The van der Waals surface area contributed by atoms with E-state index < -0.39 is 0 Å². The molecule has 0 aromatic rings. The van der Waals surface area contributed by atoms with Crippen LogP contribution in [0.3, 0.4) is 0 Å². The van der Waals surface area contributed by atoms with Crippen LogP contribution in [0.1, 0.15) is 26.2 Å². The number of rotatable bonds is 5. The summed E-state index contributed by atoms with van der Waals surface area (Å²) in [5.74, 6) is 0.629. The molecule has 0 aromatic heterocycles. The highest BCUT2D eigenvalue weighted by Crippen LogP contribution is 2.20. The molecule has 0 aliphatic carbocycles. The summed E-state index contributed by atoms with van der Waals surface area (Å²) >= 11 is 0. The maximum atomic E-state index is 9.57. The van der Waals surface area contributed by atoms with Gasteiger partial charge in [-0.25, -0.2) is 0 Å². The molecule has 0 bridgehead atoms. The Balaban J connectivity index is 2.07. The van der Waals surface area contributed by atoms with Crippen LogP contribution in [-0.4, -0.2) is 37.6 Å². The van der Waals surface area contributed by atoms with Gasteiger partial charge in [-0.05, 0) is 32.1 Å². The second-order valence-electron chi connectivity index (χ2n) is 3.60. The molecule has 0 saturated carbocycles. The van der Waals surface area contributed by atoms with Crippen molar-refractivity contribution >= 4 is 0 Å². The second kappa shape index (κ2) is 6.35. The van der Waals surface area contributed by atoms with E-state index in [1.807, 2.05) is 6.92 Å². The lowest BCUT2D eigenvalue weighted by Crippen LogP contribution is -2.24. The van der Waals surface area contributed by atoms with Crippen LogP contribution in [0.25, 0.3) is 0 Å². The van der Waals surface area contributed by atoms with Crippen molar-refractivity contribution in [1.29, 1.82) is 0 Å². The molecule has 78 valence electrons. The van der Waals surface area contributed by atoms with Gasteiger partial charge in [0.15, 0.2) is 0 Å². The predicted molar refractivity (Wildman–Crippen MR) is 50.7 cm³/mol. The Morgan fingerprint density at radius 3 is 2.77 bits per heavy atom. The lowest BCUT2D eigenvalue weighted by Gasteiger charge is -2.24. The molecule has 1 aliphatic heterocycles. The van der Waals surface area contributed by atoms with E-state index in [4.69, 9.17) is 9.47 Å². The van der Waals surface area contributed by atoms with Crippen molar-refractivity contribution < 1.29 is 14.6 Å². The van der Waals surface area contributed by atoms with Gasteiger partial charge in [-0.15, -0.1) is 0 Å². The Morgan fingerprint density at radius 2 is 2.15 bits per heavy atom. The van der Waals surface area contributed by atoms with Crippen molar-refractivity contribution in [2.75, 3.05) is 26.4 Å². The Labute approximate surface area is 80.0 Å². The smallest absolute Gasteiger partial charge is 0.0776 e. The highest BCUT2D eigenvalue weighted by molar-refractivity contribution is 4.67. The fourth-order valence-electron chi connectivity index (χ4n) is 1.69. The Hall–Kier alpha value is -0.120. The standard InChI is InChI=1S/C10H20O3/c1-2-12-8-10(11)7-9-3-5-13-6-4-9/h9-11H,2-8H2,1H3. The number of aliphatic hydroxyl groups excluding tert-OH is 1. The van der Waals surface area contributed by atoms with Gasteiger partial charge in [0.05, 0.1) is 12.7 Å². The average molecular weight is 188 g/mol. The number of ether oxygens (including phenoxy) is 2. The molecular formula is C10H20O3. The van der Waals surface area contributed by atoms with Gasteiger partial charge < -0.3 is 14.6 Å². The third kappa shape index (κ3) is 4.60. The molecule has 0 spiro atoms. The minimum Gasteiger partial charge on any atom is -0.391 e. The number of hydrogen-bond donors (Lipinski definition) is 1. The van der Waals surface area contributed by atoms with E-state index in [1.54, 1.807) is 0 Å². The molecule has 1 atom stereocenters. The molecular weight excluding hydrogens is 168 g/mol. The van der Waals surface area contributed by atoms with Crippen LogP contribution < -0.4 is 0 Å². The van der Waals surface area contributed by atoms with Crippen LogP contribution in [0, 0.1) is 5.92 Å². The fraction of sp³-hybridized carbons (Fsp3) is 1.00. The maximum absolute atomic E-state index is 9.57. The maximum Gasteiger partial charge on any atom is 0.0776 e. The Bertz CT molecular complexity index is 121. The van der Waals surface area contributed by atoms with Crippen molar-refractivity contribution in [3.63, 3.8) is 0 Å². The van der Waals surface area contributed by atoms with Crippen LogP contribution in [0.5, 0.6) is 0 Å². The first-order valence-corrected chi connectivity index (χ1v) is 5.16. The first-order chi connectivity index (χ1) is 6.33. The summed E-state index contributed by atoms with van der Waals surface area (Å²) < 4.78 is 10.4. The van der Waals surface area contributed by atoms with Crippen molar-refractivity contribution in [1.82, 2.24) is 0 Å². The van der Waals surface area contributed by atoms with Crippen LogP contribution in [0.15, 0.2) is 0 Å². The van der Waals surface area contributed by atoms with Gasteiger partial charge in [-0.1, -0.05) is 0 Å². The zero-order valence-corrected chi connectivity index (χ0v) is 8.37. The van der Waals surface area contributed by atoms with Gasteiger partial charge >= 0.3 is 0 Å². The van der Waals surface area contributed by atoms with E-state index in [2.05, 4.69) is 0 Å². The van der Waals surface area contributed by atoms with Crippen LogP contribution in [0.2, 0.25) is 0 Å². The van der Waals surface area contributed by atoms with Crippen LogP contribution in [0.4, 0.5) is 0 Å². The first-order valence-electron chi connectivity index (χ1n) is 5.16. The van der Waals surface area contributed by atoms with Crippen molar-refractivity contribution in [3.05, 3.63) is 0 Å². The average Bonchev–Trinajstić information content (AvgIpc) is 2.16. The monoisotopic (exact) mass is 188 g/mol. The summed E-state index contributed by atoms with van der Waals surface area (Å²) in [4.78, 5) is 0. The molecule has 0 amide bonds. The van der Waals surface area contributed by atoms with Gasteiger partial charge in [-0.2, -0.15) is 0 Å². The lowest BCUT2D eigenvalue weighted by atomic mass is 9.94.